The third kappa shape index (κ3) is 5.28. The minimum absolute atomic E-state index is 0.105. The maximum absolute atomic E-state index is 13.8. The van der Waals surface area contributed by atoms with Crippen molar-refractivity contribution in [2.75, 3.05) is 6.54 Å². The summed E-state index contributed by atoms with van der Waals surface area (Å²) < 4.78 is 19.3. The van der Waals surface area contributed by atoms with E-state index in [0.717, 1.165) is 18.4 Å². The molecule has 1 fully saturated rings. The van der Waals surface area contributed by atoms with Crippen LogP contribution in [0.1, 0.15) is 39.1 Å². The number of carboxylic acid groups (broad SMARTS) is 1. The quantitative estimate of drug-likeness (QED) is 0.533. The molecule has 1 N–H and O–H groups in total. The highest BCUT2D eigenvalue weighted by Gasteiger charge is 2.27. The topological polar surface area (TPSA) is 66.8 Å². The zero-order valence-corrected chi connectivity index (χ0v) is 16.8. The molecule has 0 spiro atoms. The highest BCUT2D eigenvalue weighted by atomic mass is 19.1. The molecule has 6 heteroatoms. The van der Waals surface area contributed by atoms with Crippen molar-refractivity contribution in [3.63, 3.8) is 0 Å². The van der Waals surface area contributed by atoms with Crippen LogP contribution in [0.5, 0.6) is 11.5 Å². The Labute approximate surface area is 179 Å². The molecule has 5 nitrogen and oxygen atoms in total. The summed E-state index contributed by atoms with van der Waals surface area (Å²) in [6.45, 7) is 1.07. The van der Waals surface area contributed by atoms with Crippen molar-refractivity contribution in [1.29, 1.82) is 0 Å². The molecule has 0 radical (unpaired) electrons. The standard InChI is InChI=1S/C25H22FNO4/c26-22-3-1-2-4-23(22)31-21-13-11-19(12-14-21)24(28)27(15-17-5-6-17)16-18-7-9-20(10-8-18)25(29)30/h1-4,7-14,17H,5-6,15-16H2,(H,29,30). The third-order valence-corrected chi connectivity index (χ3v) is 5.20. The van der Waals surface area contributed by atoms with Crippen LogP contribution >= 0.6 is 0 Å². The zero-order chi connectivity index (χ0) is 21.8. The smallest absolute Gasteiger partial charge is 0.335 e. The Bertz CT molecular complexity index is 1080. The molecule has 158 valence electrons. The molecular formula is C25H22FNO4. The molecule has 3 aromatic rings. The van der Waals surface area contributed by atoms with Crippen molar-refractivity contribution < 1.29 is 23.8 Å². The Morgan fingerprint density at radius 3 is 2.19 bits per heavy atom. The van der Waals surface area contributed by atoms with Crippen LogP contribution in [-0.2, 0) is 6.54 Å². The summed E-state index contributed by atoms with van der Waals surface area (Å²) in [6.07, 6.45) is 2.22. The minimum Gasteiger partial charge on any atom is -0.478 e. The monoisotopic (exact) mass is 419 g/mol. The summed E-state index contributed by atoms with van der Waals surface area (Å²) in [5.41, 5.74) is 1.61. The molecule has 1 aliphatic rings. The van der Waals surface area contributed by atoms with Gasteiger partial charge in [-0.15, -0.1) is 0 Å². The largest absolute Gasteiger partial charge is 0.478 e. The first-order valence-corrected chi connectivity index (χ1v) is 10.1. The number of amides is 1. The number of carboxylic acids is 1. The fourth-order valence-corrected chi connectivity index (χ4v) is 3.31. The number of ether oxygens (including phenoxy) is 1. The predicted octanol–water partition coefficient (Wildman–Crippen LogP) is 5.37. The summed E-state index contributed by atoms with van der Waals surface area (Å²) >= 11 is 0. The number of rotatable bonds is 8. The van der Waals surface area contributed by atoms with Crippen LogP contribution < -0.4 is 4.74 Å². The first kappa shape index (κ1) is 20.6. The van der Waals surface area contributed by atoms with Gasteiger partial charge in [0.25, 0.3) is 5.91 Å². The van der Waals surface area contributed by atoms with E-state index in [0.29, 0.717) is 30.3 Å². The first-order chi connectivity index (χ1) is 15.0. The Morgan fingerprint density at radius 2 is 1.58 bits per heavy atom. The van der Waals surface area contributed by atoms with Gasteiger partial charge in [0, 0.05) is 18.7 Å². The van der Waals surface area contributed by atoms with Gasteiger partial charge in [-0.05, 0) is 72.9 Å². The van der Waals surface area contributed by atoms with Gasteiger partial charge in [-0.2, -0.15) is 0 Å². The lowest BCUT2D eigenvalue weighted by Gasteiger charge is -2.23. The lowest BCUT2D eigenvalue weighted by Crippen LogP contribution is -2.32. The molecule has 4 rings (SSSR count). The highest BCUT2D eigenvalue weighted by Crippen LogP contribution is 2.31. The number of carbonyl (C=O) groups is 2. The van der Waals surface area contributed by atoms with Crippen LogP contribution in [0.4, 0.5) is 4.39 Å². The molecule has 0 aromatic heterocycles. The maximum atomic E-state index is 13.8. The normalized spacial score (nSPS) is 12.9. The van der Waals surface area contributed by atoms with Crippen LogP contribution in [0.15, 0.2) is 72.8 Å². The van der Waals surface area contributed by atoms with Gasteiger partial charge in [0.2, 0.25) is 0 Å². The summed E-state index contributed by atoms with van der Waals surface area (Å²) in [6, 6.07) is 19.4. The van der Waals surface area contributed by atoms with Gasteiger partial charge >= 0.3 is 5.97 Å². The maximum Gasteiger partial charge on any atom is 0.335 e. The molecule has 0 bridgehead atoms. The number of carbonyl (C=O) groups excluding carboxylic acids is 1. The second-order valence-corrected chi connectivity index (χ2v) is 7.69. The van der Waals surface area contributed by atoms with Gasteiger partial charge < -0.3 is 14.7 Å². The van der Waals surface area contributed by atoms with Gasteiger partial charge in [-0.3, -0.25) is 4.79 Å². The van der Waals surface area contributed by atoms with E-state index in [9.17, 15) is 14.0 Å². The van der Waals surface area contributed by atoms with E-state index in [-0.39, 0.29) is 17.2 Å². The Balaban J connectivity index is 1.47. The van der Waals surface area contributed by atoms with E-state index in [1.54, 1.807) is 71.6 Å². The van der Waals surface area contributed by atoms with Crippen molar-refractivity contribution >= 4 is 11.9 Å². The van der Waals surface area contributed by atoms with E-state index < -0.39 is 11.8 Å². The molecule has 0 aliphatic heterocycles. The van der Waals surface area contributed by atoms with Gasteiger partial charge in [0.05, 0.1) is 5.56 Å². The molecule has 31 heavy (non-hydrogen) atoms. The van der Waals surface area contributed by atoms with Crippen molar-refractivity contribution in [3.8, 4) is 11.5 Å². The van der Waals surface area contributed by atoms with Crippen LogP contribution in [0.3, 0.4) is 0 Å². The molecular weight excluding hydrogens is 397 g/mol. The van der Waals surface area contributed by atoms with Gasteiger partial charge in [0.15, 0.2) is 11.6 Å². The SMILES string of the molecule is O=C(O)c1ccc(CN(CC2CC2)C(=O)c2ccc(Oc3ccccc3F)cc2)cc1. The average molecular weight is 419 g/mol. The fourth-order valence-electron chi connectivity index (χ4n) is 3.31. The fraction of sp³-hybridized carbons (Fsp3) is 0.200. The number of hydrogen-bond acceptors (Lipinski definition) is 3. The number of para-hydroxylation sites is 1. The summed E-state index contributed by atoms with van der Waals surface area (Å²) in [7, 11) is 0. The van der Waals surface area contributed by atoms with Crippen LogP contribution in [-0.4, -0.2) is 28.4 Å². The van der Waals surface area contributed by atoms with Crippen LogP contribution in [0, 0.1) is 11.7 Å². The average Bonchev–Trinajstić information content (AvgIpc) is 3.59. The van der Waals surface area contributed by atoms with Crippen LogP contribution in [0.25, 0.3) is 0 Å². The number of benzene rings is 3. The van der Waals surface area contributed by atoms with Gasteiger partial charge in [0.1, 0.15) is 5.75 Å². The molecule has 1 aliphatic carbocycles. The summed E-state index contributed by atoms with van der Waals surface area (Å²) in [5.74, 6) is -0.457. The molecule has 0 saturated heterocycles. The summed E-state index contributed by atoms with van der Waals surface area (Å²) in [4.78, 5) is 26.0. The van der Waals surface area contributed by atoms with E-state index in [4.69, 9.17) is 9.84 Å². The Morgan fingerprint density at radius 1 is 0.935 bits per heavy atom. The molecule has 1 amide bonds. The number of nitrogens with zero attached hydrogens (tertiary/aromatic N) is 1. The first-order valence-electron chi connectivity index (χ1n) is 10.1. The Hall–Kier alpha value is -3.67. The second-order valence-electron chi connectivity index (χ2n) is 7.69. The third-order valence-electron chi connectivity index (χ3n) is 5.20. The van der Waals surface area contributed by atoms with Crippen molar-refractivity contribution in [2.45, 2.75) is 19.4 Å². The number of halogens is 1. The number of aromatic carboxylic acids is 1. The molecule has 0 atom stereocenters. The molecule has 3 aromatic carbocycles. The van der Waals surface area contributed by atoms with Crippen molar-refractivity contribution in [3.05, 3.63) is 95.3 Å². The van der Waals surface area contributed by atoms with Crippen LogP contribution in [0.2, 0.25) is 0 Å². The lowest BCUT2D eigenvalue weighted by molar-refractivity contribution is 0.0693. The molecule has 0 heterocycles. The van der Waals surface area contributed by atoms with Crippen molar-refractivity contribution in [2.24, 2.45) is 5.92 Å². The van der Waals surface area contributed by atoms with E-state index >= 15 is 0 Å². The second kappa shape index (κ2) is 9.00. The highest BCUT2D eigenvalue weighted by molar-refractivity contribution is 5.94. The van der Waals surface area contributed by atoms with E-state index in [1.807, 2.05) is 0 Å². The van der Waals surface area contributed by atoms with Gasteiger partial charge in [-0.25, -0.2) is 9.18 Å². The molecule has 1 saturated carbocycles. The van der Waals surface area contributed by atoms with Gasteiger partial charge in [-0.1, -0.05) is 24.3 Å². The summed E-state index contributed by atoms with van der Waals surface area (Å²) in [5, 5.41) is 9.06. The van der Waals surface area contributed by atoms with E-state index in [1.165, 1.54) is 6.07 Å². The minimum atomic E-state index is -0.977. The lowest BCUT2D eigenvalue weighted by atomic mass is 10.1. The molecule has 0 unspecified atom stereocenters. The zero-order valence-electron chi connectivity index (χ0n) is 16.8. The number of hydrogen-bond donors (Lipinski definition) is 1. The Kier molecular flexibility index (Phi) is 5.98. The van der Waals surface area contributed by atoms with Crippen molar-refractivity contribution in [1.82, 2.24) is 4.90 Å². The van der Waals surface area contributed by atoms with E-state index in [2.05, 4.69) is 0 Å². The predicted molar refractivity (Wildman–Crippen MR) is 114 cm³/mol.